The minimum atomic E-state index is -0.115. The van der Waals surface area contributed by atoms with Crippen LogP contribution in [0.25, 0.3) is 11.4 Å². The first-order valence-electron chi connectivity index (χ1n) is 10.1. The number of nitrogens with zero attached hydrogens (tertiary/aromatic N) is 4. The molecular weight excluding hydrogens is 382 g/mol. The smallest absolute Gasteiger partial charge is 0.255 e. The number of likely N-dealkylation sites (tertiary alicyclic amines) is 1. The van der Waals surface area contributed by atoms with Gasteiger partial charge < -0.3 is 14.7 Å². The zero-order valence-electron chi connectivity index (χ0n) is 16.7. The second kappa shape index (κ2) is 8.86. The average Bonchev–Trinajstić information content (AvgIpc) is 3.30. The number of carbonyl (C=O) groups excluding carboxylic acids is 2. The van der Waals surface area contributed by atoms with Crippen LogP contribution < -0.4 is 5.32 Å². The first-order valence-corrected chi connectivity index (χ1v) is 10.1. The van der Waals surface area contributed by atoms with Crippen LogP contribution in [0.5, 0.6) is 0 Å². The fraction of sp³-hybridized carbons (Fsp3) is 0.318. The molecule has 0 radical (unpaired) electrons. The molecule has 1 aliphatic heterocycles. The maximum absolute atomic E-state index is 13.0. The van der Waals surface area contributed by atoms with Crippen molar-refractivity contribution in [2.24, 2.45) is 0 Å². The van der Waals surface area contributed by atoms with E-state index in [9.17, 15) is 9.59 Å². The van der Waals surface area contributed by atoms with E-state index in [1.807, 2.05) is 23.1 Å². The van der Waals surface area contributed by atoms with E-state index in [1.54, 1.807) is 37.5 Å². The molecular formula is C22H23N5O3. The van der Waals surface area contributed by atoms with Crippen LogP contribution in [0.1, 0.15) is 48.4 Å². The van der Waals surface area contributed by atoms with E-state index < -0.39 is 0 Å². The largest absolute Gasteiger partial charge is 0.339 e. The highest BCUT2D eigenvalue weighted by atomic mass is 16.5. The molecule has 1 aliphatic rings. The van der Waals surface area contributed by atoms with E-state index in [4.69, 9.17) is 4.52 Å². The van der Waals surface area contributed by atoms with Gasteiger partial charge in [-0.2, -0.15) is 4.98 Å². The monoisotopic (exact) mass is 405 g/mol. The van der Waals surface area contributed by atoms with Crippen molar-refractivity contribution < 1.29 is 14.1 Å². The van der Waals surface area contributed by atoms with Crippen molar-refractivity contribution in [1.82, 2.24) is 20.0 Å². The number of hydrogen-bond donors (Lipinski definition) is 1. The van der Waals surface area contributed by atoms with Gasteiger partial charge in [0.2, 0.25) is 17.6 Å². The average molecular weight is 405 g/mol. The minimum absolute atomic E-state index is 0.0801. The lowest BCUT2D eigenvalue weighted by atomic mass is 9.96. The van der Waals surface area contributed by atoms with E-state index in [0.29, 0.717) is 42.5 Å². The quantitative estimate of drug-likeness (QED) is 0.697. The molecule has 154 valence electrons. The van der Waals surface area contributed by atoms with Crippen molar-refractivity contribution in [1.29, 1.82) is 0 Å². The molecule has 3 aromatic rings. The Balaban J connectivity index is 1.41. The van der Waals surface area contributed by atoms with Gasteiger partial charge in [0.25, 0.3) is 5.91 Å². The predicted octanol–water partition coefficient (Wildman–Crippen LogP) is 3.50. The number of para-hydroxylation sites is 1. The standard InChI is InChI=1S/C22H23N5O3/c1-2-19(28)24-18-6-4-3-5-17(18)22(29)27-13-9-16(10-14-27)21-25-20(26-30-21)15-7-11-23-12-8-15/h3-8,11-12,16H,2,9-10,13-14H2,1H3,(H,24,28). The van der Waals surface area contributed by atoms with Gasteiger partial charge in [-0.1, -0.05) is 24.2 Å². The molecule has 0 unspecified atom stereocenters. The molecule has 0 spiro atoms. The highest BCUT2D eigenvalue weighted by Gasteiger charge is 2.29. The van der Waals surface area contributed by atoms with Gasteiger partial charge in [0.05, 0.1) is 11.3 Å². The number of aromatic nitrogens is 3. The van der Waals surface area contributed by atoms with Gasteiger partial charge in [-0.25, -0.2) is 0 Å². The fourth-order valence-corrected chi connectivity index (χ4v) is 3.54. The van der Waals surface area contributed by atoms with E-state index in [2.05, 4.69) is 20.4 Å². The van der Waals surface area contributed by atoms with E-state index in [1.165, 1.54) is 0 Å². The molecule has 4 rings (SSSR count). The Morgan fingerprint density at radius 3 is 2.60 bits per heavy atom. The van der Waals surface area contributed by atoms with Crippen LogP contribution in [-0.2, 0) is 4.79 Å². The molecule has 2 aromatic heterocycles. The van der Waals surface area contributed by atoms with Crippen LogP contribution >= 0.6 is 0 Å². The molecule has 0 bridgehead atoms. The Labute approximate surface area is 174 Å². The Bertz CT molecular complexity index is 1030. The number of piperidine rings is 1. The Morgan fingerprint density at radius 2 is 1.87 bits per heavy atom. The molecule has 8 heteroatoms. The fourth-order valence-electron chi connectivity index (χ4n) is 3.54. The van der Waals surface area contributed by atoms with Crippen LogP contribution in [0.3, 0.4) is 0 Å². The van der Waals surface area contributed by atoms with Crippen molar-refractivity contribution >= 4 is 17.5 Å². The van der Waals surface area contributed by atoms with Crippen LogP contribution in [0.2, 0.25) is 0 Å². The topological polar surface area (TPSA) is 101 Å². The summed E-state index contributed by atoms with van der Waals surface area (Å²) >= 11 is 0. The molecule has 8 nitrogen and oxygen atoms in total. The Hall–Kier alpha value is -3.55. The van der Waals surface area contributed by atoms with E-state index in [0.717, 1.165) is 18.4 Å². The summed E-state index contributed by atoms with van der Waals surface area (Å²) in [5.74, 6) is 1.07. The summed E-state index contributed by atoms with van der Waals surface area (Å²) in [5.41, 5.74) is 1.92. The molecule has 1 saturated heterocycles. The van der Waals surface area contributed by atoms with Gasteiger partial charge in [-0.05, 0) is 37.1 Å². The van der Waals surface area contributed by atoms with Crippen molar-refractivity contribution in [2.75, 3.05) is 18.4 Å². The van der Waals surface area contributed by atoms with E-state index >= 15 is 0 Å². The van der Waals surface area contributed by atoms with E-state index in [-0.39, 0.29) is 17.7 Å². The Kier molecular flexibility index (Phi) is 5.83. The molecule has 3 heterocycles. The molecule has 1 N–H and O–H groups in total. The zero-order valence-corrected chi connectivity index (χ0v) is 16.7. The third-order valence-electron chi connectivity index (χ3n) is 5.26. The lowest BCUT2D eigenvalue weighted by Gasteiger charge is -2.31. The summed E-state index contributed by atoms with van der Waals surface area (Å²) in [6.07, 6.45) is 5.23. The number of hydrogen-bond acceptors (Lipinski definition) is 6. The number of rotatable bonds is 5. The summed E-state index contributed by atoms with van der Waals surface area (Å²) in [6, 6.07) is 10.8. The molecule has 0 aliphatic carbocycles. The summed E-state index contributed by atoms with van der Waals surface area (Å²) in [6.45, 7) is 2.96. The number of amides is 2. The molecule has 1 aromatic carbocycles. The second-order valence-electron chi connectivity index (χ2n) is 7.21. The predicted molar refractivity (Wildman–Crippen MR) is 111 cm³/mol. The summed E-state index contributed by atoms with van der Waals surface area (Å²) in [4.78, 5) is 35.2. The summed E-state index contributed by atoms with van der Waals surface area (Å²) in [7, 11) is 0. The van der Waals surface area contributed by atoms with Gasteiger partial charge in [0.15, 0.2) is 0 Å². The van der Waals surface area contributed by atoms with Crippen molar-refractivity contribution in [2.45, 2.75) is 32.1 Å². The number of benzene rings is 1. The van der Waals surface area contributed by atoms with Crippen molar-refractivity contribution in [3.05, 3.63) is 60.2 Å². The first-order chi connectivity index (χ1) is 14.7. The van der Waals surface area contributed by atoms with Crippen molar-refractivity contribution in [3.63, 3.8) is 0 Å². The molecule has 2 amide bonds. The number of anilines is 1. The molecule has 30 heavy (non-hydrogen) atoms. The maximum atomic E-state index is 13.0. The van der Waals surface area contributed by atoms with Crippen molar-refractivity contribution in [3.8, 4) is 11.4 Å². The molecule has 0 saturated carbocycles. The summed E-state index contributed by atoms with van der Waals surface area (Å²) < 4.78 is 5.48. The van der Waals surface area contributed by atoms with Gasteiger partial charge in [0, 0.05) is 43.4 Å². The van der Waals surface area contributed by atoms with Crippen LogP contribution in [0.4, 0.5) is 5.69 Å². The second-order valence-corrected chi connectivity index (χ2v) is 7.21. The third kappa shape index (κ3) is 4.22. The highest BCUT2D eigenvalue weighted by molar-refractivity contribution is 6.03. The third-order valence-corrected chi connectivity index (χ3v) is 5.26. The SMILES string of the molecule is CCC(=O)Nc1ccccc1C(=O)N1CCC(c2nc(-c3ccncc3)no2)CC1. The lowest BCUT2D eigenvalue weighted by molar-refractivity contribution is -0.115. The summed E-state index contributed by atoms with van der Waals surface area (Å²) in [5, 5.41) is 6.88. The van der Waals surface area contributed by atoms with Gasteiger partial charge in [-0.3, -0.25) is 14.6 Å². The van der Waals surface area contributed by atoms with Crippen LogP contribution in [0, 0.1) is 0 Å². The van der Waals surface area contributed by atoms with Gasteiger partial charge in [-0.15, -0.1) is 0 Å². The lowest BCUT2D eigenvalue weighted by Crippen LogP contribution is -2.38. The maximum Gasteiger partial charge on any atom is 0.255 e. The van der Waals surface area contributed by atoms with Crippen LogP contribution in [0.15, 0.2) is 53.3 Å². The normalized spacial score (nSPS) is 14.5. The number of nitrogens with one attached hydrogen (secondary N) is 1. The Morgan fingerprint density at radius 1 is 1.13 bits per heavy atom. The van der Waals surface area contributed by atoms with Gasteiger partial charge >= 0.3 is 0 Å². The van der Waals surface area contributed by atoms with Gasteiger partial charge in [0.1, 0.15) is 0 Å². The van der Waals surface area contributed by atoms with Crippen LogP contribution in [-0.4, -0.2) is 44.9 Å². The highest BCUT2D eigenvalue weighted by Crippen LogP contribution is 2.30. The first kappa shape index (κ1) is 19.8. The molecule has 0 atom stereocenters. The number of pyridine rings is 1. The minimum Gasteiger partial charge on any atom is -0.339 e. The number of carbonyl (C=O) groups is 2. The zero-order chi connectivity index (χ0) is 20.9. The molecule has 1 fully saturated rings.